The van der Waals surface area contributed by atoms with Crippen molar-refractivity contribution < 1.29 is 27.9 Å². The normalized spacial score (nSPS) is 20.6. The number of hydrogen-bond acceptors (Lipinski definition) is 4. The van der Waals surface area contributed by atoms with Crippen LogP contribution in [0.5, 0.6) is 0 Å². The van der Waals surface area contributed by atoms with Crippen LogP contribution in [0.15, 0.2) is 66.7 Å². The topological polar surface area (TPSA) is 87.7 Å². The Labute approximate surface area is 243 Å². The lowest BCUT2D eigenvalue weighted by Crippen LogP contribution is -2.54. The van der Waals surface area contributed by atoms with Crippen molar-refractivity contribution in [2.75, 3.05) is 13.7 Å². The lowest BCUT2D eigenvalue weighted by molar-refractivity contribution is -0.122. The van der Waals surface area contributed by atoms with Gasteiger partial charge in [-0.25, -0.2) is 18.4 Å². The van der Waals surface area contributed by atoms with Gasteiger partial charge in [-0.2, -0.15) is 0 Å². The maximum absolute atomic E-state index is 13.3. The van der Waals surface area contributed by atoms with E-state index in [2.05, 4.69) is 10.6 Å². The van der Waals surface area contributed by atoms with Gasteiger partial charge in [0.2, 0.25) is 5.91 Å². The molecule has 218 valence electrons. The van der Waals surface area contributed by atoms with E-state index in [0.717, 1.165) is 34.2 Å². The third-order valence-electron chi connectivity index (χ3n) is 8.62. The highest BCUT2D eigenvalue weighted by molar-refractivity contribution is 5.91. The molecule has 3 aromatic carbocycles. The van der Waals surface area contributed by atoms with Gasteiger partial charge in [0.25, 0.3) is 5.92 Å². The Morgan fingerprint density at radius 3 is 2.52 bits per heavy atom. The zero-order valence-electron chi connectivity index (χ0n) is 23.4. The number of methoxy groups -OCH3 is 1. The number of alkyl halides is 2. The third kappa shape index (κ3) is 5.73. The molecule has 0 aromatic heterocycles. The van der Waals surface area contributed by atoms with Crippen LogP contribution in [-0.4, -0.2) is 48.4 Å². The second kappa shape index (κ2) is 11.2. The Morgan fingerprint density at radius 1 is 1.00 bits per heavy atom. The molecule has 7 nitrogen and oxygen atoms in total. The first-order valence-electron chi connectivity index (χ1n) is 14.3. The first-order chi connectivity index (χ1) is 20.2. The molecule has 0 saturated heterocycles. The Balaban J connectivity index is 1.23. The third-order valence-corrected chi connectivity index (χ3v) is 8.62. The molecule has 2 saturated carbocycles. The monoisotopic (exact) mass is 573 g/mol. The van der Waals surface area contributed by atoms with Gasteiger partial charge >= 0.3 is 12.0 Å². The lowest BCUT2D eigenvalue weighted by atomic mass is 9.87. The summed E-state index contributed by atoms with van der Waals surface area (Å²) in [5, 5.41) is 5.85. The molecule has 9 heteroatoms. The predicted octanol–water partition coefficient (Wildman–Crippen LogP) is 5.43. The molecule has 3 amide bonds. The van der Waals surface area contributed by atoms with E-state index in [9.17, 15) is 23.2 Å². The first-order valence-corrected chi connectivity index (χ1v) is 14.3. The molecule has 1 aliphatic heterocycles. The van der Waals surface area contributed by atoms with E-state index in [4.69, 9.17) is 4.74 Å². The smallest absolute Gasteiger partial charge is 0.337 e. The van der Waals surface area contributed by atoms with Gasteiger partial charge in [0.1, 0.15) is 0 Å². The number of nitrogens with zero attached hydrogens (tertiary/aromatic N) is 1. The quantitative estimate of drug-likeness (QED) is 0.370. The van der Waals surface area contributed by atoms with E-state index in [-0.39, 0.29) is 43.2 Å². The fourth-order valence-corrected chi connectivity index (χ4v) is 6.18. The second-order valence-electron chi connectivity index (χ2n) is 11.5. The minimum atomic E-state index is -2.72. The standard InChI is InChI=1S/C33H33F2N3O4/c1-42-31(40)22-9-5-8-21(14-22)25-11-10-23(18-36-30(39)28-15-27(28)20-6-3-2-4-7-20)29-19-38(13-12-26(25)29)32(41)37-24-16-33(34,35)17-24/h2-11,14,24,27-28H,12-13,15-19H2,1H3,(H,36,39)(H,37,41)/t27-,28-/m1/s1. The fourth-order valence-electron chi connectivity index (χ4n) is 6.18. The summed E-state index contributed by atoms with van der Waals surface area (Å²) < 4.78 is 31.6. The van der Waals surface area contributed by atoms with Crippen molar-refractivity contribution in [3.63, 3.8) is 0 Å². The van der Waals surface area contributed by atoms with Gasteiger partial charge in [-0.15, -0.1) is 0 Å². The summed E-state index contributed by atoms with van der Waals surface area (Å²) in [7, 11) is 1.34. The number of rotatable bonds is 7. The number of benzene rings is 3. The van der Waals surface area contributed by atoms with Crippen molar-refractivity contribution in [3.8, 4) is 11.1 Å². The lowest BCUT2D eigenvalue weighted by Gasteiger charge is -2.38. The molecule has 2 aliphatic carbocycles. The Hall–Kier alpha value is -4.27. The summed E-state index contributed by atoms with van der Waals surface area (Å²) >= 11 is 0. The molecule has 1 heterocycles. The highest BCUT2D eigenvalue weighted by Crippen LogP contribution is 2.47. The number of hydrogen-bond donors (Lipinski definition) is 2. The van der Waals surface area contributed by atoms with Crippen molar-refractivity contribution in [3.05, 3.63) is 94.5 Å². The van der Waals surface area contributed by atoms with Gasteiger partial charge in [0.05, 0.1) is 12.7 Å². The maximum Gasteiger partial charge on any atom is 0.337 e. The van der Waals surface area contributed by atoms with Crippen LogP contribution in [0.4, 0.5) is 13.6 Å². The van der Waals surface area contributed by atoms with E-state index >= 15 is 0 Å². The molecule has 0 spiro atoms. The van der Waals surface area contributed by atoms with Gasteiger partial charge < -0.3 is 20.3 Å². The number of urea groups is 1. The fraction of sp³-hybridized carbons (Fsp3) is 0.364. The zero-order valence-corrected chi connectivity index (χ0v) is 23.4. The molecule has 0 unspecified atom stereocenters. The maximum atomic E-state index is 13.3. The number of esters is 1. The van der Waals surface area contributed by atoms with E-state index in [1.54, 1.807) is 23.1 Å². The van der Waals surface area contributed by atoms with Crippen LogP contribution in [0.2, 0.25) is 0 Å². The molecular formula is C33H33F2N3O4. The average molecular weight is 574 g/mol. The van der Waals surface area contributed by atoms with E-state index in [0.29, 0.717) is 25.1 Å². The van der Waals surface area contributed by atoms with Crippen LogP contribution in [-0.2, 0) is 29.0 Å². The Bertz CT molecular complexity index is 1520. The van der Waals surface area contributed by atoms with E-state index < -0.39 is 17.9 Å². The van der Waals surface area contributed by atoms with Crippen LogP contribution in [0.3, 0.4) is 0 Å². The van der Waals surface area contributed by atoms with Crippen molar-refractivity contribution in [2.24, 2.45) is 5.92 Å². The Kier molecular flexibility index (Phi) is 7.43. The van der Waals surface area contributed by atoms with Gasteiger partial charge in [-0.1, -0.05) is 54.6 Å². The second-order valence-corrected chi connectivity index (χ2v) is 11.5. The van der Waals surface area contributed by atoms with Crippen LogP contribution >= 0.6 is 0 Å². The average Bonchev–Trinajstić information content (AvgIpc) is 3.80. The number of fused-ring (bicyclic) bond motifs is 1. The predicted molar refractivity (Wildman–Crippen MR) is 153 cm³/mol. The molecule has 3 aromatic rings. The summed E-state index contributed by atoms with van der Waals surface area (Å²) in [6.45, 7) is 1.02. The minimum Gasteiger partial charge on any atom is -0.465 e. The number of amides is 3. The summed E-state index contributed by atoms with van der Waals surface area (Å²) in [6, 6.07) is 20.3. The minimum absolute atomic E-state index is 0.00350. The molecular weight excluding hydrogens is 540 g/mol. The molecule has 0 bridgehead atoms. The molecule has 42 heavy (non-hydrogen) atoms. The van der Waals surface area contributed by atoms with Crippen molar-refractivity contribution >= 4 is 17.9 Å². The largest absolute Gasteiger partial charge is 0.465 e. The number of carbonyl (C=O) groups excluding carboxylic acids is 3. The summed E-state index contributed by atoms with van der Waals surface area (Å²) in [5.74, 6) is -2.98. The number of nitrogens with one attached hydrogen (secondary N) is 2. The SMILES string of the molecule is COC(=O)c1cccc(-c2ccc(CNC(=O)[C@@H]3C[C@@H]3c3ccccc3)c3c2CCN(C(=O)NC2CC(F)(F)C2)C3)c1. The zero-order chi connectivity index (χ0) is 29.4. The molecule has 2 fully saturated rings. The Morgan fingerprint density at radius 2 is 1.79 bits per heavy atom. The highest BCUT2D eigenvalue weighted by Gasteiger charge is 2.46. The highest BCUT2D eigenvalue weighted by atomic mass is 19.3. The molecule has 0 radical (unpaired) electrons. The summed E-state index contributed by atoms with van der Waals surface area (Å²) in [6.07, 6.45) is 0.679. The van der Waals surface area contributed by atoms with Crippen LogP contribution in [0.25, 0.3) is 11.1 Å². The summed E-state index contributed by atoms with van der Waals surface area (Å²) in [4.78, 5) is 39.9. The number of halogens is 2. The molecule has 6 rings (SSSR count). The number of ether oxygens (including phenoxy) is 1. The molecule has 3 aliphatic rings. The first kappa shape index (κ1) is 27.9. The van der Waals surface area contributed by atoms with Crippen LogP contribution in [0, 0.1) is 5.92 Å². The van der Waals surface area contributed by atoms with Crippen molar-refractivity contribution in [1.82, 2.24) is 15.5 Å². The van der Waals surface area contributed by atoms with E-state index in [1.165, 1.54) is 12.7 Å². The van der Waals surface area contributed by atoms with Crippen molar-refractivity contribution in [2.45, 2.75) is 56.7 Å². The van der Waals surface area contributed by atoms with Gasteiger partial charge in [-0.3, -0.25) is 4.79 Å². The van der Waals surface area contributed by atoms with Crippen LogP contribution in [0.1, 0.15) is 57.8 Å². The number of carbonyl (C=O) groups is 3. The van der Waals surface area contributed by atoms with Crippen molar-refractivity contribution in [1.29, 1.82) is 0 Å². The van der Waals surface area contributed by atoms with Gasteiger partial charge in [0, 0.05) is 44.4 Å². The summed E-state index contributed by atoms with van der Waals surface area (Å²) in [5.41, 5.74) is 6.25. The van der Waals surface area contributed by atoms with Crippen LogP contribution < -0.4 is 10.6 Å². The van der Waals surface area contributed by atoms with Gasteiger partial charge in [0.15, 0.2) is 0 Å². The molecule has 2 N–H and O–H groups in total. The van der Waals surface area contributed by atoms with Gasteiger partial charge in [-0.05, 0) is 64.3 Å². The van der Waals surface area contributed by atoms with E-state index in [1.807, 2.05) is 48.5 Å². The molecule has 2 atom stereocenters.